The Morgan fingerprint density at radius 1 is 1.46 bits per heavy atom. The van der Waals surface area contributed by atoms with Crippen LogP contribution in [-0.4, -0.2) is 6.61 Å². The average Bonchev–Trinajstić information content (AvgIpc) is 2.13. The van der Waals surface area contributed by atoms with Crippen molar-refractivity contribution in [1.82, 2.24) is 0 Å². The van der Waals surface area contributed by atoms with Gasteiger partial charge in [0.2, 0.25) is 0 Å². The molecule has 1 aromatic rings. The van der Waals surface area contributed by atoms with Crippen LogP contribution < -0.4 is 15.2 Å². The van der Waals surface area contributed by atoms with Gasteiger partial charge in [-0.05, 0) is 18.2 Å². The minimum absolute atomic E-state index is 0.667. The molecule has 0 radical (unpaired) electrons. The molecular weight excluding hydrogens is 160 g/mol. The maximum atomic E-state index is 5.41. The fourth-order valence-corrected chi connectivity index (χ4v) is 1.16. The molecule has 0 heterocycles. The second-order valence-electron chi connectivity index (χ2n) is 2.66. The van der Waals surface area contributed by atoms with Crippen molar-refractivity contribution in [2.45, 2.75) is 6.92 Å². The van der Waals surface area contributed by atoms with Crippen molar-refractivity contribution in [3.05, 3.63) is 41.3 Å². The molecule has 0 aromatic heterocycles. The molecule has 0 saturated carbocycles. The minimum Gasteiger partial charge on any atom is -0.493 e. The van der Waals surface area contributed by atoms with E-state index in [1.54, 1.807) is 6.08 Å². The molecule has 0 saturated heterocycles. The van der Waals surface area contributed by atoms with Crippen LogP contribution in [0.25, 0.3) is 12.7 Å². The summed E-state index contributed by atoms with van der Waals surface area (Å²) in [6.07, 6.45) is 3.67. The van der Waals surface area contributed by atoms with Crippen molar-refractivity contribution in [2.75, 3.05) is 6.61 Å². The van der Waals surface area contributed by atoms with Gasteiger partial charge in [-0.25, -0.2) is 0 Å². The van der Waals surface area contributed by atoms with Gasteiger partial charge in [0, 0.05) is 5.22 Å². The standard InChI is InChI=1S/C12H14O/c1-4-7-11-8-6-9-12(10(11)3)13-5-2/h4,6-9H,1,3,5H2,2H3/b11-7-. The van der Waals surface area contributed by atoms with Gasteiger partial charge in [0.25, 0.3) is 0 Å². The van der Waals surface area contributed by atoms with Crippen LogP contribution in [0.5, 0.6) is 5.75 Å². The largest absolute Gasteiger partial charge is 0.493 e. The van der Waals surface area contributed by atoms with E-state index in [9.17, 15) is 0 Å². The molecule has 0 fully saturated rings. The lowest BCUT2D eigenvalue weighted by Crippen LogP contribution is -2.24. The number of hydrogen-bond acceptors (Lipinski definition) is 1. The molecule has 0 amide bonds. The Balaban J connectivity index is 3.27. The molecule has 0 unspecified atom stereocenters. The van der Waals surface area contributed by atoms with Gasteiger partial charge in [-0.2, -0.15) is 0 Å². The number of hydrogen-bond donors (Lipinski definition) is 0. The zero-order valence-electron chi connectivity index (χ0n) is 7.92. The maximum absolute atomic E-state index is 5.41. The maximum Gasteiger partial charge on any atom is 0.126 e. The summed E-state index contributed by atoms with van der Waals surface area (Å²) >= 11 is 0. The highest BCUT2D eigenvalue weighted by atomic mass is 16.5. The zero-order valence-corrected chi connectivity index (χ0v) is 7.92. The van der Waals surface area contributed by atoms with Gasteiger partial charge in [0.05, 0.1) is 6.61 Å². The molecule has 68 valence electrons. The van der Waals surface area contributed by atoms with Crippen molar-refractivity contribution in [2.24, 2.45) is 0 Å². The molecule has 13 heavy (non-hydrogen) atoms. The van der Waals surface area contributed by atoms with Crippen molar-refractivity contribution in [3.63, 3.8) is 0 Å². The third-order valence-corrected chi connectivity index (χ3v) is 1.77. The van der Waals surface area contributed by atoms with Gasteiger partial charge in [-0.15, -0.1) is 0 Å². The Hall–Kier alpha value is -1.50. The fraction of sp³-hybridized carbons (Fsp3) is 0.167. The molecule has 1 rings (SSSR count). The van der Waals surface area contributed by atoms with Gasteiger partial charge in [-0.1, -0.05) is 37.4 Å². The highest BCUT2D eigenvalue weighted by molar-refractivity contribution is 5.40. The summed E-state index contributed by atoms with van der Waals surface area (Å²) in [6.45, 7) is 10.2. The third kappa shape index (κ3) is 2.22. The quantitative estimate of drug-likeness (QED) is 0.674. The third-order valence-electron chi connectivity index (χ3n) is 1.77. The van der Waals surface area contributed by atoms with E-state index in [0.717, 1.165) is 16.2 Å². The van der Waals surface area contributed by atoms with Gasteiger partial charge >= 0.3 is 0 Å². The van der Waals surface area contributed by atoms with Gasteiger partial charge in [-0.3, -0.25) is 0 Å². The average molecular weight is 174 g/mol. The summed E-state index contributed by atoms with van der Waals surface area (Å²) in [5, 5.41) is 1.98. The van der Waals surface area contributed by atoms with Crippen molar-refractivity contribution >= 4 is 12.7 Å². The van der Waals surface area contributed by atoms with Crippen molar-refractivity contribution in [3.8, 4) is 5.75 Å². The second-order valence-corrected chi connectivity index (χ2v) is 2.66. The first-order valence-electron chi connectivity index (χ1n) is 4.33. The van der Waals surface area contributed by atoms with E-state index in [0.29, 0.717) is 6.61 Å². The first-order valence-corrected chi connectivity index (χ1v) is 4.33. The van der Waals surface area contributed by atoms with E-state index in [1.165, 1.54) is 0 Å². The highest BCUT2D eigenvalue weighted by Gasteiger charge is 1.92. The predicted octanol–water partition coefficient (Wildman–Crippen LogP) is 1.46. The summed E-state index contributed by atoms with van der Waals surface area (Å²) < 4.78 is 5.41. The highest BCUT2D eigenvalue weighted by Crippen LogP contribution is 1.97. The van der Waals surface area contributed by atoms with Crippen molar-refractivity contribution in [1.29, 1.82) is 0 Å². The Morgan fingerprint density at radius 2 is 2.23 bits per heavy atom. The number of benzene rings is 1. The van der Waals surface area contributed by atoms with Crippen LogP contribution in [0, 0.1) is 0 Å². The van der Waals surface area contributed by atoms with Gasteiger partial charge in [0.1, 0.15) is 5.75 Å². The normalized spacial score (nSPS) is 11.3. The molecule has 0 aliphatic rings. The Kier molecular flexibility index (Phi) is 3.32. The lowest BCUT2D eigenvalue weighted by Gasteiger charge is -2.02. The number of allylic oxidation sites excluding steroid dienone is 1. The van der Waals surface area contributed by atoms with Crippen LogP contribution in [0.15, 0.2) is 30.9 Å². The zero-order chi connectivity index (χ0) is 9.68. The van der Waals surface area contributed by atoms with Crippen molar-refractivity contribution < 1.29 is 4.74 Å². The van der Waals surface area contributed by atoms with Crippen LogP contribution in [0.4, 0.5) is 0 Å². The smallest absolute Gasteiger partial charge is 0.126 e. The number of ether oxygens (including phenoxy) is 1. The van der Waals surface area contributed by atoms with E-state index >= 15 is 0 Å². The molecular formula is C12H14O. The number of rotatable bonds is 3. The Morgan fingerprint density at radius 3 is 2.85 bits per heavy atom. The molecule has 0 bridgehead atoms. The van der Waals surface area contributed by atoms with E-state index in [-0.39, 0.29) is 0 Å². The Bertz CT molecular complexity index is 390. The SMILES string of the molecule is C=C/C=c1/cccc(OCC)c1=C. The molecule has 1 aromatic carbocycles. The summed E-state index contributed by atoms with van der Waals surface area (Å²) in [7, 11) is 0. The first-order chi connectivity index (χ1) is 6.29. The van der Waals surface area contributed by atoms with Gasteiger partial charge in [0.15, 0.2) is 0 Å². The minimum atomic E-state index is 0.667. The first kappa shape index (κ1) is 9.59. The van der Waals surface area contributed by atoms with Crippen LogP contribution in [0.2, 0.25) is 0 Å². The summed E-state index contributed by atoms with van der Waals surface area (Å²) in [4.78, 5) is 0. The lowest BCUT2D eigenvalue weighted by atomic mass is 10.2. The molecule has 1 heteroatoms. The molecule has 0 spiro atoms. The molecule has 0 N–H and O–H groups in total. The fourth-order valence-electron chi connectivity index (χ4n) is 1.16. The van der Waals surface area contributed by atoms with Crippen LogP contribution in [-0.2, 0) is 0 Å². The van der Waals surface area contributed by atoms with Crippen LogP contribution in [0.1, 0.15) is 6.92 Å². The summed E-state index contributed by atoms with van der Waals surface area (Å²) in [5.74, 6) is 0.845. The lowest BCUT2D eigenvalue weighted by molar-refractivity contribution is 0.337. The van der Waals surface area contributed by atoms with Crippen LogP contribution in [0.3, 0.4) is 0 Å². The van der Waals surface area contributed by atoms with E-state index in [2.05, 4.69) is 13.2 Å². The van der Waals surface area contributed by atoms with Crippen LogP contribution >= 0.6 is 0 Å². The second kappa shape index (κ2) is 4.51. The van der Waals surface area contributed by atoms with E-state index in [4.69, 9.17) is 4.74 Å². The predicted molar refractivity (Wildman–Crippen MR) is 57.0 cm³/mol. The van der Waals surface area contributed by atoms with E-state index in [1.807, 2.05) is 31.2 Å². The topological polar surface area (TPSA) is 9.23 Å². The molecule has 0 aliphatic carbocycles. The summed E-state index contributed by atoms with van der Waals surface area (Å²) in [5.41, 5.74) is 0. The van der Waals surface area contributed by atoms with E-state index < -0.39 is 0 Å². The van der Waals surface area contributed by atoms with Gasteiger partial charge < -0.3 is 4.74 Å². The molecule has 0 aliphatic heterocycles. The molecule has 1 nitrogen and oxygen atoms in total. The summed E-state index contributed by atoms with van der Waals surface area (Å²) in [6, 6.07) is 5.87. The Labute approximate surface area is 78.7 Å². The monoisotopic (exact) mass is 174 g/mol. The molecule has 0 atom stereocenters.